The molecule has 0 radical (unpaired) electrons. The van der Waals surface area contributed by atoms with Crippen LogP contribution in [0, 0.1) is 0 Å². The molecule has 0 saturated heterocycles. The maximum absolute atomic E-state index is 11.1. The minimum absolute atomic E-state index is 0.281. The van der Waals surface area contributed by atoms with E-state index < -0.39 is 8.32 Å². The lowest BCUT2D eigenvalue weighted by Crippen LogP contribution is -2.30. The summed E-state index contributed by atoms with van der Waals surface area (Å²) >= 11 is 0. The quantitative estimate of drug-likeness (QED) is 0.262. The highest BCUT2D eigenvalue weighted by molar-refractivity contribution is 6.71. The minimum atomic E-state index is -1.45. The van der Waals surface area contributed by atoms with Crippen LogP contribution in [0.25, 0.3) is 0 Å². The first-order valence-electron chi connectivity index (χ1n) is 6.85. The van der Waals surface area contributed by atoms with Crippen LogP contribution in [0.2, 0.25) is 19.1 Å². The van der Waals surface area contributed by atoms with E-state index in [9.17, 15) is 4.79 Å². The number of unbranched alkanes of at least 4 members (excludes halogenated alkanes) is 2. The molecule has 0 aliphatic heterocycles. The maximum Gasteiger partial charge on any atom is 0.333 e. The summed E-state index contributed by atoms with van der Waals surface area (Å²) < 4.78 is 10.9. The number of esters is 1. The van der Waals surface area contributed by atoms with Crippen molar-refractivity contribution in [3.63, 3.8) is 0 Å². The van der Waals surface area contributed by atoms with E-state index in [2.05, 4.69) is 26.6 Å². The summed E-state index contributed by atoms with van der Waals surface area (Å²) in [6, 6.07) is 1.18. The van der Waals surface area contributed by atoms with Gasteiger partial charge in [0, 0.05) is 12.2 Å². The van der Waals surface area contributed by atoms with Crippen molar-refractivity contribution in [3.05, 3.63) is 12.2 Å². The molecule has 0 rings (SSSR count). The Morgan fingerprint density at radius 3 is 2.39 bits per heavy atom. The molecule has 0 aliphatic rings. The Labute approximate surface area is 113 Å². The van der Waals surface area contributed by atoms with Gasteiger partial charge in [0.25, 0.3) is 0 Å². The predicted molar refractivity (Wildman–Crippen MR) is 78.2 cm³/mol. The van der Waals surface area contributed by atoms with Gasteiger partial charge in [-0.15, -0.1) is 0 Å². The third kappa shape index (κ3) is 9.42. The second kappa shape index (κ2) is 9.33. The first-order chi connectivity index (χ1) is 8.39. The largest absolute Gasteiger partial charge is 0.462 e. The van der Waals surface area contributed by atoms with Crippen LogP contribution in [0.4, 0.5) is 0 Å². The zero-order chi connectivity index (χ0) is 14.0. The summed E-state index contributed by atoms with van der Waals surface area (Å²) in [7, 11) is -1.45. The molecule has 0 N–H and O–H groups in total. The van der Waals surface area contributed by atoms with E-state index in [-0.39, 0.29) is 5.97 Å². The summed E-state index contributed by atoms with van der Waals surface area (Å²) in [6.45, 7) is 13.3. The fourth-order valence-electron chi connectivity index (χ4n) is 1.57. The summed E-state index contributed by atoms with van der Waals surface area (Å²) in [5.74, 6) is -0.281. The Hall–Kier alpha value is -0.613. The van der Waals surface area contributed by atoms with Crippen LogP contribution in [0.1, 0.15) is 39.5 Å². The fraction of sp³-hybridized carbons (Fsp3) is 0.786. The molecule has 0 amide bonds. The zero-order valence-corrected chi connectivity index (χ0v) is 13.4. The average molecular weight is 272 g/mol. The van der Waals surface area contributed by atoms with Gasteiger partial charge in [0.1, 0.15) is 0 Å². The lowest BCUT2D eigenvalue weighted by atomic mass is 10.3. The molecular weight excluding hydrogens is 244 g/mol. The molecule has 0 aromatic rings. The maximum atomic E-state index is 11.1. The van der Waals surface area contributed by atoms with Crippen LogP contribution in [0.3, 0.4) is 0 Å². The van der Waals surface area contributed by atoms with E-state index in [0.29, 0.717) is 12.2 Å². The first kappa shape index (κ1) is 17.4. The van der Waals surface area contributed by atoms with E-state index in [0.717, 1.165) is 32.3 Å². The van der Waals surface area contributed by atoms with Crippen LogP contribution < -0.4 is 0 Å². The zero-order valence-electron chi connectivity index (χ0n) is 12.4. The van der Waals surface area contributed by atoms with Gasteiger partial charge in [-0.1, -0.05) is 26.3 Å². The van der Waals surface area contributed by atoms with Crippen molar-refractivity contribution in [2.45, 2.75) is 58.7 Å². The molecule has 0 saturated carbocycles. The van der Waals surface area contributed by atoms with Gasteiger partial charge >= 0.3 is 5.97 Å². The normalized spacial score (nSPS) is 11.3. The number of hydrogen-bond donors (Lipinski definition) is 0. The van der Waals surface area contributed by atoms with Crippen LogP contribution in [0.5, 0.6) is 0 Å². The highest BCUT2D eigenvalue weighted by Gasteiger charge is 2.20. The molecule has 4 heteroatoms. The minimum Gasteiger partial charge on any atom is -0.462 e. The number of rotatable bonds is 10. The number of hydrogen-bond acceptors (Lipinski definition) is 3. The lowest BCUT2D eigenvalue weighted by Gasteiger charge is -2.22. The SMILES string of the molecule is C=C(C)C(=O)OCCCCC[Si](C)(C)OCCC. The van der Waals surface area contributed by atoms with Crippen LogP contribution >= 0.6 is 0 Å². The van der Waals surface area contributed by atoms with Gasteiger partial charge in [0.15, 0.2) is 8.32 Å². The van der Waals surface area contributed by atoms with Crippen LogP contribution in [0.15, 0.2) is 12.2 Å². The molecule has 106 valence electrons. The molecule has 0 unspecified atom stereocenters. The molecule has 0 heterocycles. The van der Waals surface area contributed by atoms with Crippen LogP contribution in [-0.4, -0.2) is 27.5 Å². The molecule has 0 fully saturated rings. The van der Waals surface area contributed by atoms with Crippen molar-refractivity contribution < 1.29 is 14.0 Å². The lowest BCUT2D eigenvalue weighted by molar-refractivity contribution is -0.139. The predicted octanol–water partition coefficient (Wildman–Crippen LogP) is 3.91. The number of carbonyl (C=O) groups is 1. The topological polar surface area (TPSA) is 35.5 Å². The van der Waals surface area contributed by atoms with Crippen molar-refractivity contribution in [1.82, 2.24) is 0 Å². The van der Waals surface area contributed by atoms with Gasteiger partial charge in [-0.25, -0.2) is 4.79 Å². The number of carbonyl (C=O) groups excluding carboxylic acids is 1. The Balaban J connectivity index is 3.50. The van der Waals surface area contributed by atoms with Crippen molar-refractivity contribution in [2.24, 2.45) is 0 Å². The molecule has 18 heavy (non-hydrogen) atoms. The molecule has 0 spiro atoms. The van der Waals surface area contributed by atoms with E-state index >= 15 is 0 Å². The van der Waals surface area contributed by atoms with Gasteiger partial charge in [-0.2, -0.15) is 0 Å². The molecule has 0 bridgehead atoms. The van der Waals surface area contributed by atoms with Gasteiger partial charge in [0.2, 0.25) is 0 Å². The summed E-state index contributed by atoms with van der Waals surface area (Å²) in [6.07, 6.45) is 4.27. The molecule has 0 aliphatic carbocycles. The van der Waals surface area contributed by atoms with Gasteiger partial charge in [0.05, 0.1) is 6.61 Å². The molecule has 0 aromatic carbocycles. The number of ether oxygens (including phenoxy) is 1. The van der Waals surface area contributed by atoms with E-state index in [1.54, 1.807) is 6.92 Å². The molecule has 0 atom stereocenters. The second-order valence-electron chi connectivity index (χ2n) is 5.34. The Kier molecular flexibility index (Phi) is 9.02. The van der Waals surface area contributed by atoms with Gasteiger partial charge in [-0.3, -0.25) is 0 Å². The van der Waals surface area contributed by atoms with E-state index in [1.165, 1.54) is 6.04 Å². The Morgan fingerprint density at radius 1 is 1.17 bits per heavy atom. The second-order valence-corrected chi connectivity index (χ2v) is 9.64. The smallest absolute Gasteiger partial charge is 0.333 e. The van der Waals surface area contributed by atoms with Crippen molar-refractivity contribution in [3.8, 4) is 0 Å². The standard InChI is InChI=1S/C14H28O3Si/c1-6-10-17-18(4,5)12-9-7-8-11-16-14(15)13(2)3/h2,6-12H2,1,3-5H3. The fourth-order valence-corrected chi connectivity index (χ4v) is 3.57. The van der Waals surface area contributed by atoms with Crippen molar-refractivity contribution >= 4 is 14.3 Å². The average Bonchev–Trinajstić information content (AvgIpc) is 2.30. The monoisotopic (exact) mass is 272 g/mol. The van der Waals surface area contributed by atoms with Crippen molar-refractivity contribution in [2.75, 3.05) is 13.2 Å². The van der Waals surface area contributed by atoms with Gasteiger partial charge < -0.3 is 9.16 Å². The summed E-state index contributed by atoms with van der Waals surface area (Å²) in [5, 5.41) is 0. The highest BCUT2D eigenvalue weighted by Crippen LogP contribution is 2.16. The first-order valence-corrected chi connectivity index (χ1v) is 9.97. The summed E-state index contributed by atoms with van der Waals surface area (Å²) in [5.41, 5.74) is 0.469. The molecule has 0 aromatic heterocycles. The van der Waals surface area contributed by atoms with Crippen molar-refractivity contribution in [1.29, 1.82) is 0 Å². The third-order valence-corrected chi connectivity index (χ3v) is 5.24. The van der Waals surface area contributed by atoms with E-state index in [4.69, 9.17) is 9.16 Å². The van der Waals surface area contributed by atoms with E-state index in [1.807, 2.05) is 0 Å². The molecule has 3 nitrogen and oxygen atoms in total. The summed E-state index contributed by atoms with van der Waals surface area (Å²) in [4.78, 5) is 11.1. The molecular formula is C14H28O3Si. The highest BCUT2D eigenvalue weighted by atomic mass is 28.4. The Bertz CT molecular complexity index is 262. The third-order valence-electron chi connectivity index (χ3n) is 2.70. The van der Waals surface area contributed by atoms with Gasteiger partial charge in [-0.05, 0) is 38.9 Å². The Morgan fingerprint density at radius 2 is 1.83 bits per heavy atom. The van der Waals surface area contributed by atoms with Crippen LogP contribution in [-0.2, 0) is 14.0 Å².